The molecular weight excluding hydrogens is 433 g/mol. The average molecular weight is 446 g/mol. The molecule has 3 rings (SSSR count). The fourth-order valence-electron chi connectivity index (χ4n) is 2.22. The molecule has 13 heteroatoms. The zero-order valence-electron chi connectivity index (χ0n) is 13.8. The lowest BCUT2D eigenvalue weighted by Gasteiger charge is -2.05. The van der Waals surface area contributed by atoms with Crippen molar-refractivity contribution in [3.63, 3.8) is 0 Å². The summed E-state index contributed by atoms with van der Waals surface area (Å²) in [4.78, 5) is 22.8. The molecule has 28 heavy (non-hydrogen) atoms. The molecule has 0 unspecified atom stereocenters. The van der Waals surface area contributed by atoms with Gasteiger partial charge in [-0.25, -0.2) is 9.97 Å². The van der Waals surface area contributed by atoms with E-state index in [0.717, 1.165) is 0 Å². The van der Waals surface area contributed by atoms with E-state index in [4.69, 9.17) is 52.2 Å². The van der Waals surface area contributed by atoms with Crippen LogP contribution in [0.1, 0.15) is 10.4 Å². The molecule has 0 radical (unpaired) electrons. The zero-order chi connectivity index (χ0) is 21.1. The Morgan fingerprint density at radius 1 is 1.14 bits per heavy atom. The van der Waals surface area contributed by atoms with Crippen LogP contribution in [0.2, 0.25) is 10.0 Å². The third-order valence-electron chi connectivity index (χ3n) is 3.23. The van der Waals surface area contributed by atoms with E-state index >= 15 is 0 Å². The van der Waals surface area contributed by atoms with Crippen LogP contribution in [-0.4, -0.2) is 38.4 Å². The lowest BCUT2D eigenvalue weighted by molar-refractivity contribution is 0.100. The normalized spacial score (nSPS) is 10.9. The Hall–Kier alpha value is -2.70. The highest BCUT2D eigenvalue weighted by Gasteiger charge is 2.18. The van der Waals surface area contributed by atoms with Gasteiger partial charge >= 0.3 is 10.4 Å². The number of rotatable bonds is 3. The number of hydrogen-bond donors (Lipinski definition) is 5. The summed E-state index contributed by atoms with van der Waals surface area (Å²) in [5, 5.41) is 0.894. The molecule has 2 heterocycles. The van der Waals surface area contributed by atoms with Crippen LogP contribution >= 0.6 is 23.2 Å². The molecule has 148 valence electrons. The minimum atomic E-state index is -4.67. The fraction of sp³-hybridized carbons (Fsp3) is 0. The van der Waals surface area contributed by atoms with Gasteiger partial charge in [-0.2, -0.15) is 8.42 Å². The molecule has 7 N–H and O–H groups in total. The second-order valence-corrected chi connectivity index (χ2v) is 6.95. The second-order valence-electron chi connectivity index (χ2n) is 5.21. The van der Waals surface area contributed by atoms with Gasteiger partial charge in [-0.15, -0.1) is 0 Å². The molecule has 2 aromatic heterocycles. The maximum Gasteiger partial charge on any atom is 0.394 e. The largest absolute Gasteiger partial charge is 0.394 e. The monoisotopic (exact) mass is 445 g/mol. The predicted molar refractivity (Wildman–Crippen MR) is 104 cm³/mol. The first kappa shape index (κ1) is 21.6. The third-order valence-corrected chi connectivity index (χ3v) is 3.78. The number of carbonyl (C=O) groups excluding carboxylic acids is 1. The van der Waals surface area contributed by atoms with Crippen molar-refractivity contribution in [3.05, 3.63) is 52.1 Å². The number of aromatic amines is 1. The van der Waals surface area contributed by atoms with E-state index in [-0.39, 0.29) is 5.95 Å². The van der Waals surface area contributed by atoms with Crippen molar-refractivity contribution in [2.75, 3.05) is 5.73 Å². The molecule has 0 spiro atoms. The van der Waals surface area contributed by atoms with Gasteiger partial charge in [-0.3, -0.25) is 13.9 Å². The van der Waals surface area contributed by atoms with E-state index in [1.807, 2.05) is 0 Å². The smallest absolute Gasteiger partial charge is 0.368 e. The molecule has 0 bridgehead atoms. The summed E-state index contributed by atoms with van der Waals surface area (Å²) in [6.07, 6.45) is 1.53. The molecule has 0 atom stereocenters. The van der Waals surface area contributed by atoms with Crippen LogP contribution in [0.3, 0.4) is 0 Å². The minimum Gasteiger partial charge on any atom is -0.368 e. The number of carbonyl (C=O) groups is 1. The Labute approximate surface area is 169 Å². The van der Waals surface area contributed by atoms with Crippen molar-refractivity contribution < 1.29 is 22.3 Å². The summed E-state index contributed by atoms with van der Waals surface area (Å²) in [7, 11) is -4.67. The number of aromatic nitrogens is 3. The van der Waals surface area contributed by atoms with E-state index in [9.17, 15) is 4.79 Å². The SMILES string of the molecule is NC(=O)c1cc(-c2ccnc(N)n2)[nH]c1-c1ccc(Cl)cc1Cl.O=S(=O)(O)O. The van der Waals surface area contributed by atoms with Crippen LogP contribution in [0, 0.1) is 0 Å². The van der Waals surface area contributed by atoms with E-state index in [1.165, 1.54) is 6.20 Å². The molecular formula is C15H13Cl2N5O5S. The molecule has 0 aliphatic carbocycles. The number of primary amides is 1. The molecule has 3 aromatic rings. The number of benzene rings is 1. The van der Waals surface area contributed by atoms with Crippen LogP contribution in [0.5, 0.6) is 0 Å². The lowest BCUT2D eigenvalue weighted by atomic mass is 10.1. The third kappa shape index (κ3) is 5.90. The Morgan fingerprint density at radius 3 is 2.32 bits per heavy atom. The Morgan fingerprint density at radius 2 is 1.79 bits per heavy atom. The van der Waals surface area contributed by atoms with E-state index in [0.29, 0.717) is 38.3 Å². The fourth-order valence-corrected chi connectivity index (χ4v) is 2.72. The summed E-state index contributed by atoms with van der Waals surface area (Å²) in [6.45, 7) is 0. The van der Waals surface area contributed by atoms with Crippen molar-refractivity contribution in [1.29, 1.82) is 0 Å². The van der Waals surface area contributed by atoms with E-state index in [2.05, 4.69) is 15.0 Å². The van der Waals surface area contributed by atoms with Crippen LogP contribution in [0.25, 0.3) is 22.6 Å². The zero-order valence-corrected chi connectivity index (χ0v) is 16.1. The van der Waals surface area contributed by atoms with E-state index < -0.39 is 16.3 Å². The molecule has 0 saturated carbocycles. The van der Waals surface area contributed by atoms with Gasteiger partial charge in [0.25, 0.3) is 5.91 Å². The van der Waals surface area contributed by atoms with Gasteiger partial charge in [0.1, 0.15) is 0 Å². The molecule has 1 aromatic carbocycles. The number of nitrogens with two attached hydrogens (primary N) is 2. The number of amides is 1. The molecule has 0 saturated heterocycles. The summed E-state index contributed by atoms with van der Waals surface area (Å²) in [5.41, 5.74) is 13.6. The number of H-pyrrole nitrogens is 1. The highest BCUT2D eigenvalue weighted by atomic mass is 35.5. The summed E-state index contributed by atoms with van der Waals surface area (Å²) >= 11 is 12.1. The molecule has 0 aliphatic heterocycles. The lowest BCUT2D eigenvalue weighted by Crippen LogP contribution is -2.11. The van der Waals surface area contributed by atoms with Crippen molar-refractivity contribution in [2.45, 2.75) is 0 Å². The van der Waals surface area contributed by atoms with Crippen LogP contribution in [0.15, 0.2) is 36.5 Å². The number of nitrogens with zero attached hydrogens (tertiary/aromatic N) is 2. The Kier molecular flexibility index (Phi) is 6.59. The number of hydrogen-bond acceptors (Lipinski definition) is 6. The Bertz CT molecular complexity index is 1130. The Balaban J connectivity index is 0.000000500. The van der Waals surface area contributed by atoms with Crippen molar-refractivity contribution in [2.24, 2.45) is 5.73 Å². The molecule has 1 amide bonds. The predicted octanol–water partition coefficient (Wildman–Crippen LogP) is 2.47. The standard InChI is InChI=1S/C15H11Cl2N5O.H2O4S/c16-7-1-2-8(10(17)5-7)13-9(14(18)23)6-12(21-13)11-3-4-20-15(19)22-11;1-5(2,3)4/h1-6,21H,(H2,18,23)(H2,19,20,22);(H2,1,2,3,4). The maximum absolute atomic E-state index is 11.8. The van der Waals surface area contributed by atoms with Crippen molar-refractivity contribution >= 4 is 45.5 Å². The molecule has 10 nitrogen and oxygen atoms in total. The summed E-state index contributed by atoms with van der Waals surface area (Å²) < 4.78 is 31.6. The summed E-state index contributed by atoms with van der Waals surface area (Å²) in [6, 6.07) is 8.24. The first-order chi connectivity index (χ1) is 13.0. The van der Waals surface area contributed by atoms with Gasteiger partial charge in [-0.1, -0.05) is 23.2 Å². The first-order valence-electron chi connectivity index (χ1n) is 7.22. The van der Waals surface area contributed by atoms with Crippen molar-refractivity contribution in [1.82, 2.24) is 15.0 Å². The van der Waals surface area contributed by atoms with Gasteiger partial charge in [-0.05, 0) is 30.3 Å². The van der Waals surface area contributed by atoms with Crippen molar-refractivity contribution in [3.8, 4) is 22.6 Å². The van der Waals surface area contributed by atoms with Crippen LogP contribution < -0.4 is 11.5 Å². The average Bonchev–Trinajstić information content (AvgIpc) is 2.98. The topological polar surface area (TPSA) is 185 Å². The number of anilines is 1. The second kappa shape index (κ2) is 8.54. The highest BCUT2D eigenvalue weighted by molar-refractivity contribution is 7.79. The number of halogens is 2. The quantitative estimate of drug-likeness (QED) is 0.380. The molecule has 0 fully saturated rings. The minimum absolute atomic E-state index is 0.129. The van der Waals surface area contributed by atoms with Crippen LogP contribution in [0.4, 0.5) is 5.95 Å². The first-order valence-corrected chi connectivity index (χ1v) is 9.38. The van der Waals surface area contributed by atoms with Crippen LogP contribution in [-0.2, 0) is 10.4 Å². The van der Waals surface area contributed by atoms with Gasteiger partial charge in [0, 0.05) is 16.8 Å². The van der Waals surface area contributed by atoms with Gasteiger partial charge in [0.2, 0.25) is 5.95 Å². The summed E-state index contributed by atoms with van der Waals surface area (Å²) in [5.74, 6) is -0.459. The highest BCUT2D eigenvalue weighted by Crippen LogP contribution is 2.34. The van der Waals surface area contributed by atoms with E-state index in [1.54, 1.807) is 30.3 Å². The maximum atomic E-state index is 11.8. The number of nitrogen functional groups attached to an aromatic ring is 1. The molecule has 0 aliphatic rings. The van der Waals surface area contributed by atoms with Gasteiger partial charge in [0.15, 0.2) is 0 Å². The number of nitrogens with one attached hydrogen (secondary N) is 1. The van der Waals surface area contributed by atoms with Gasteiger partial charge in [0.05, 0.1) is 27.7 Å². The van der Waals surface area contributed by atoms with Gasteiger partial charge < -0.3 is 16.5 Å².